The van der Waals surface area contributed by atoms with Crippen molar-refractivity contribution in [1.29, 1.82) is 0 Å². The van der Waals surface area contributed by atoms with Crippen LogP contribution in [0.4, 0.5) is 0 Å². The molecule has 2 saturated heterocycles. The topological polar surface area (TPSA) is 46.1 Å². The Kier molecular flexibility index (Phi) is 13.8. The molecular formula is C25H51IN6. The van der Waals surface area contributed by atoms with Crippen LogP contribution in [0.25, 0.3) is 0 Å². The number of rotatable bonds is 10. The van der Waals surface area contributed by atoms with Gasteiger partial charge >= 0.3 is 0 Å². The highest BCUT2D eigenvalue weighted by Gasteiger charge is 2.38. The van der Waals surface area contributed by atoms with Gasteiger partial charge in [0.25, 0.3) is 0 Å². The number of hydrogen-bond donors (Lipinski definition) is 2. The number of halogens is 1. The van der Waals surface area contributed by atoms with Gasteiger partial charge in [-0.1, -0.05) is 32.6 Å². The molecular weight excluding hydrogens is 511 g/mol. The van der Waals surface area contributed by atoms with Crippen LogP contribution < -0.4 is 10.6 Å². The number of unbranched alkanes of at least 4 members (excludes halogenated alkanes) is 1. The minimum atomic E-state index is 0. The van der Waals surface area contributed by atoms with Crippen molar-refractivity contribution in [3.63, 3.8) is 0 Å². The third-order valence-electron chi connectivity index (χ3n) is 7.79. The van der Waals surface area contributed by atoms with Crippen LogP contribution in [0.2, 0.25) is 0 Å². The van der Waals surface area contributed by atoms with Crippen molar-refractivity contribution in [2.75, 3.05) is 72.0 Å². The van der Waals surface area contributed by atoms with E-state index in [0.29, 0.717) is 5.54 Å². The van der Waals surface area contributed by atoms with Crippen molar-refractivity contribution in [3.05, 3.63) is 0 Å². The van der Waals surface area contributed by atoms with E-state index in [1.54, 1.807) is 0 Å². The van der Waals surface area contributed by atoms with Crippen molar-refractivity contribution in [2.24, 2.45) is 4.99 Å². The minimum absolute atomic E-state index is 0. The van der Waals surface area contributed by atoms with Gasteiger partial charge in [0.2, 0.25) is 0 Å². The molecule has 0 spiro atoms. The maximum Gasteiger partial charge on any atom is 0.191 e. The zero-order valence-corrected chi connectivity index (χ0v) is 23.4. The average Bonchev–Trinajstić information content (AvgIpc) is 2.84. The molecule has 0 aromatic carbocycles. The summed E-state index contributed by atoms with van der Waals surface area (Å²) >= 11 is 0. The number of piperazine rings is 1. The summed E-state index contributed by atoms with van der Waals surface area (Å²) < 4.78 is 0. The molecule has 3 aliphatic rings. The molecule has 7 heteroatoms. The van der Waals surface area contributed by atoms with Crippen LogP contribution in [0.3, 0.4) is 0 Å². The van der Waals surface area contributed by atoms with Crippen LogP contribution in [0.15, 0.2) is 4.99 Å². The Bertz CT molecular complexity index is 509. The second-order valence-electron chi connectivity index (χ2n) is 9.94. The van der Waals surface area contributed by atoms with E-state index in [4.69, 9.17) is 4.99 Å². The van der Waals surface area contributed by atoms with Gasteiger partial charge in [-0.2, -0.15) is 0 Å². The highest BCUT2D eigenvalue weighted by molar-refractivity contribution is 14.0. The van der Waals surface area contributed by atoms with Gasteiger partial charge in [0.1, 0.15) is 0 Å². The molecule has 3 rings (SSSR count). The summed E-state index contributed by atoms with van der Waals surface area (Å²) in [6.45, 7) is 17.3. The molecule has 2 N–H and O–H groups in total. The lowest BCUT2D eigenvalue weighted by atomic mass is 9.79. The van der Waals surface area contributed by atoms with Crippen molar-refractivity contribution in [3.8, 4) is 0 Å². The van der Waals surface area contributed by atoms with Gasteiger partial charge in [-0.3, -0.25) is 9.89 Å². The number of likely N-dealkylation sites (tertiary alicyclic amines) is 1. The summed E-state index contributed by atoms with van der Waals surface area (Å²) in [6, 6.07) is 0. The Hall–Kier alpha value is -0.120. The number of guanidine groups is 1. The molecule has 1 aliphatic carbocycles. The van der Waals surface area contributed by atoms with E-state index in [1.165, 1.54) is 117 Å². The predicted molar refractivity (Wildman–Crippen MR) is 148 cm³/mol. The highest BCUT2D eigenvalue weighted by atomic mass is 127. The van der Waals surface area contributed by atoms with E-state index in [2.05, 4.69) is 39.2 Å². The third-order valence-corrected chi connectivity index (χ3v) is 7.79. The molecule has 6 nitrogen and oxygen atoms in total. The Morgan fingerprint density at radius 3 is 2.09 bits per heavy atom. The lowest BCUT2D eigenvalue weighted by Gasteiger charge is -2.47. The fourth-order valence-electron chi connectivity index (χ4n) is 5.72. The quantitative estimate of drug-likeness (QED) is 0.184. The Morgan fingerprint density at radius 1 is 0.781 bits per heavy atom. The standard InChI is InChI=1S/C25H50N6.HI/c1-3-26-24(27-15-9-12-16-30-21-19-29(4-2)20-22-30)28-23-25(13-7-5-8-14-25)31-17-10-6-11-18-31;/h3-23H2,1-2H3,(H2,26,27,28);1H. The van der Waals surface area contributed by atoms with Gasteiger partial charge in [0.15, 0.2) is 5.96 Å². The van der Waals surface area contributed by atoms with Gasteiger partial charge in [-0.25, -0.2) is 0 Å². The van der Waals surface area contributed by atoms with Crippen molar-refractivity contribution in [2.45, 2.75) is 83.6 Å². The maximum absolute atomic E-state index is 5.13. The first-order valence-corrected chi connectivity index (χ1v) is 13.5. The second-order valence-corrected chi connectivity index (χ2v) is 9.94. The number of piperidine rings is 1. The number of nitrogens with zero attached hydrogens (tertiary/aromatic N) is 4. The summed E-state index contributed by atoms with van der Waals surface area (Å²) in [5.41, 5.74) is 0.321. The summed E-state index contributed by atoms with van der Waals surface area (Å²) in [5, 5.41) is 7.13. The van der Waals surface area contributed by atoms with E-state index in [-0.39, 0.29) is 24.0 Å². The molecule has 0 aromatic rings. The summed E-state index contributed by atoms with van der Waals surface area (Å²) in [6.07, 6.45) is 13.5. The molecule has 2 heterocycles. The molecule has 0 unspecified atom stereocenters. The number of nitrogens with one attached hydrogen (secondary N) is 2. The number of aliphatic imine (C=N–C) groups is 1. The van der Waals surface area contributed by atoms with Crippen LogP contribution in [-0.4, -0.2) is 98.2 Å². The van der Waals surface area contributed by atoms with E-state index in [1.807, 2.05) is 0 Å². The van der Waals surface area contributed by atoms with Crippen molar-refractivity contribution >= 4 is 29.9 Å². The molecule has 1 saturated carbocycles. The summed E-state index contributed by atoms with van der Waals surface area (Å²) in [4.78, 5) is 13.1. The number of likely N-dealkylation sites (N-methyl/N-ethyl adjacent to an activating group) is 1. The van der Waals surface area contributed by atoms with Crippen LogP contribution >= 0.6 is 24.0 Å². The lowest BCUT2D eigenvalue weighted by Crippen LogP contribution is -2.54. The second kappa shape index (κ2) is 15.7. The molecule has 188 valence electrons. The molecule has 32 heavy (non-hydrogen) atoms. The lowest BCUT2D eigenvalue weighted by molar-refractivity contribution is 0.0407. The predicted octanol–water partition coefficient (Wildman–Crippen LogP) is 3.77. The van der Waals surface area contributed by atoms with Crippen LogP contribution in [0, 0.1) is 0 Å². The molecule has 0 aromatic heterocycles. The molecule has 3 fully saturated rings. The van der Waals surface area contributed by atoms with Gasteiger partial charge < -0.3 is 20.4 Å². The molecule has 0 amide bonds. The van der Waals surface area contributed by atoms with Crippen LogP contribution in [-0.2, 0) is 0 Å². The smallest absolute Gasteiger partial charge is 0.191 e. The molecule has 2 aliphatic heterocycles. The Morgan fingerprint density at radius 2 is 1.44 bits per heavy atom. The zero-order valence-electron chi connectivity index (χ0n) is 21.0. The van der Waals surface area contributed by atoms with Gasteiger partial charge in [0, 0.05) is 44.8 Å². The van der Waals surface area contributed by atoms with Crippen molar-refractivity contribution in [1.82, 2.24) is 25.3 Å². The van der Waals surface area contributed by atoms with Gasteiger partial charge in [-0.15, -0.1) is 24.0 Å². The fraction of sp³-hybridized carbons (Fsp3) is 0.960. The van der Waals surface area contributed by atoms with E-state index >= 15 is 0 Å². The zero-order chi connectivity index (χ0) is 21.8. The van der Waals surface area contributed by atoms with Crippen molar-refractivity contribution < 1.29 is 0 Å². The number of hydrogen-bond acceptors (Lipinski definition) is 4. The molecule has 0 bridgehead atoms. The normalized spacial score (nSPS) is 23.5. The monoisotopic (exact) mass is 562 g/mol. The van der Waals surface area contributed by atoms with E-state index in [0.717, 1.165) is 25.6 Å². The fourth-order valence-corrected chi connectivity index (χ4v) is 5.72. The average molecular weight is 563 g/mol. The van der Waals surface area contributed by atoms with Gasteiger partial charge in [0.05, 0.1) is 6.54 Å². The largest absolute Gasteiger partial charge is 0.357 e. The first-order chi connectivity index (χ1) is 15.3. The Labute approximate surface area is 215 Å². The SMILES string of the molecule is CCNC(=NCC1(N2CCCCC2)CCCCC1)NCCCCN1CCN(CC)CC1.I. The highest BCUT2D eigenvalue weighted by Crippen LogP contribution is 2.35. The minimum Gasteiger partial charge on any atom is -0.357 e. The third kappa shape index (κ3) is 8.91. The van der Waals surface area contributed by atoms with Crippen LogP contribution in [0.1, 0.15) is 78.1 Å². The summed E-state index contributed by atoms with van der Waals surface area (Å²) in [5.74, 6) is 1.03. The van der Waals surface area contributed by atoms with E-state index in [9.17, 15) is 0 Å². The van der Waals surface area contributed by atoms with E-state index < -0.39 is 0 Å². The first kappa shape index (κ1) is 28.1. The first-order valence-electron chi connectivity index (χ1n) is 13.5. The molecule has 0 atom stereocenters. The van der Waals surface area contributed by atoms with Gasteiger partial charge in [-0.05, 0) is 71.6 Å². The maximum atomic E-state index is 5.13. The summed E-state index contributed by atoms with van der Waals surface area (Å²) in [7, 11) is 0. The Balaban J connectivity index is 0.00000363. The van der Waals surface area contributed by atoms with Crippen LogP contribution in [0.5, 0.6) is 0 Å². The molecule has 0 radical (unpaired) electrons.